The van der Waals surface area contributed by atoms with E-state index in [0.717, 1.165) is 6.42 Å². The van der Waals surface area contributed by atoms with Crippen LogP contribution in [0.25, 0.3) is 0 Å². The molecule has 0 aromatic heterocycles. The lowest BCUT2D eigenvalue weighted by Gasteiger charge is -2.37. The van der Waals surface area contributed by atoms with Gasteiger partial charge in [-0.3, -0.25) is 0 Å². The van der Waals surface area contributed by atoms with Crippen molar-refractivity contribution in [3.05, 3.63) is 24.3 Å². The van der Waals surface area contributed by atoms with Crippen molar-refractivity contribution in [1.29, 1.82) is 0 Å². The second kappa shape index (κ2) is 8.84. The van der Waals surface area contributed by atoms with Gasteiger partial charge in [-0.1, -0.05) is 6.07 Å². The molecule has 2 aliphatic rings. The minimum Gasteiger partial charge on any atom is -0.491 e. The second-order valence-corrected chi connectivity index (χ2v) is 9.12. The Morgan fingerprint density at radius 2 is 2.14 bits per heavy atom. The molecule has 0 bridgehead atoms. The Kier molecular flexibility index (Phi) is 6.64. The summed E-state index contributed by atoms with van der Waals surface area (Å²) in [5.74, 6) is 0.309. The standard InChI is InChI=1S/C18H27N3O7S/c19-29(25,26)16-3-1-2-15(8-16)27-12-14(22)10-20-13-9-18(28-11-13)4-6-21(7-5-18)17(23)24/h1-3,8,13-14,20,22H,4-7,9-12H2,(H,23,24)(H2,19,25,26)/t13-,14?/m1/s1. The van der Waals surface area contributed by atoms with Crippen LogP contribution in [0.4, 0.5) is 4.79 Å². The van der Waals surface area contributed by atoms with Crippen molar-refractivity contribution in [2.24, 2.45) is 5.14 Å². The summed E-state index contributed by atoms with van der Waals surface area (Å²) in [7, 11) is -3.81. The number of nitrogens with zero attached hydrogens (tertiary/aromatic N) is 1. The number of carbonyl (C=O) groups is 1. The topological polar surface area (TPSA) is 151 Å². The third-order valence-electron chi connectivity index (χ3n) is 5.37. The summed E-state index contributed by atoms with van der Waals surface area (Å²) in [4.78, 5) is 12.4. The zero-order valence-electron chi connectivity index (χ0n) is 16.0. The molecule has 1 aromatic carbocycles. The van der Waals surface area contributed by atoms with Gasteiger partial charge in [-0.15, -0.1) is 0 Å². The van der Waals surface area contributed by atoms with Gasteiger partial charge in [0.25, 0.3) is 0 Å². The Bertz CT molecular complexity index is 824. The summed E-state index contributed by atoms with van der Waals surface area (Å²) in [5, 5.41) is 27.6. The molecule has 2 saturated heterocycles. The van der Waals surface area contributed by atoms with Gasteiger partial charge >= 0.3 is 6.09 Å². The third kappa shape index (κ3) is 5.80. The lowest BCUT2D eigenvalue weighted by molar-refractivity contribution is -0.0395. The molecule has 162 valence electrons. The Hall–Kier alpha value is -1.92. The summed E-state index contributed by atoms with van der Waals surface area (Å²) < 4.78 is 34.2. The van der Waals surface area contributed by atoms with Crippen molar-refractivity contribution in [3.8, 4) is 5.75 Å². The Morgan fingerprint density at radius 3 is 2.79 bits per heavy atom. The molecule has 1 unspecified atom stereocenters. The van der Waals surface area contributed by atoms with Crippen molar-refractivity contribution in [1.82, 2.24) is 10.2 Å². The van der Waals surface area contributed by atoms with E-state index < -0.39 is 22.2 Å². The van der Waals surface area contributed by atoms with Crippen LogP contribution in [-0.2, 0) is 14.8 Å². The number of hydrogen-bond acceptors (Lipinski definition) is 7. The molecule has 2 atom stereocenters. The fourth-order valence-corrected chi connectivity index (χ4v) is 4.27. The molecule has 29 heavy (non-hydrogen) atoms. The van der Waals surface area contributed by atoms with E-state index in [0.29, 0.717) is 44.8 Å². The highest BCUT2D eigenvalue weighted by Gasteiger charge is 2.43. The average Bonchev–Trinajstić information content (AvgIpc) is 3.07. The Labute approximate surface area is 169 Å². The van der Waals surface area contributed by atoms with Crippen molar-refractivity contribution < 1.29 is 32.9 Å². The minimum absolute atomic E-state index is 0.00658. The van der Waals surface area contributed by atoms with Gasteiger partial charge < -0.3 is 29.9 Å². The summed E-state index contributed by atoms with van der Waals surface area (Å²) in [6.45, 7) is 1.73. The molecule has 11 heteroatoms. The summed E-state index contributed by atoms with van der Waals surface area (Å²) >= 11 is 0. The van der Waals surface area contributed by atoms with Crippen molar-refractivity contribution >= 4 is 16.1 Å². The Balaban J connectivity index is 1.40. The number of carboxylic acid groups (broad SMARTS) is 1. The number of piperidine rings is 1. The summed E-state index contributed by atoms with van der Waals surface area (Å²) in [6, 6.07) is 5.87. The Morgan fingerprint density at radius 1 is 1.41 bits per heavy atom. The largest absolute Gasteiger partial charge is 0.491 e. The number of nitrogens with one attached hydrogen (secondary N) is 1. The normalized spacial score (nSPS) is 22.6. The van der Waals surface area contributed by atoms with E-state index >= 15 is 0 Å². The molecule has 10 nitrogen and oxygen atoms in total. The molecule has 2 heterocycles. The molecule has 2 fully saturated rings. The van der Waals surface area contributed by atoms with Crippen molar-refractivity contribution in [2.45, 2.75) is 41.9 Å². The molecule has 3 rings (SSSR count). The zero-order valence-corrected chi connectivity index (χ0v) is 16.8. The molecule has 1 amide bonds. The van der Waals surface area contributed by atoms with Crippen LogP contribution in [0.3, 0.4) is 0 Å². The molecule has 0 radical (unpaired) electrons. The number of ether oxygens (including phenoxy) is 2. The van der Waals surface area contributed by atoms with Crippen LogP contribution in [0, 0.1) is 0 Å². The van der Waals surface area contributed by atoms with E-state index in [1.165, 1.54) is 23.1 Å². The number of rotatable bonds is 7. The van der Waals surface area contributed by atoms with Crippen molar-refractivity contribution in [2.75, 3.05) is 32.8 Å². The molecule has 0 aliphatic carbocycles. The fraction of sp³-hybridized carbons (Fsp3) is 0.611. The quantitative estimate of drug-likeness (QED) is 0.471. The summed E-state index contributed by atoms with van der Waals surface area (Å²) in [5.41, 5.74) is -0.292. The van der Waals surface area contributed by atoms with Crippen LogP contribution < -0.4 is 15.2 Å². The minimum atomic E-state index is -3.81. The highest BCUT2D eigenvalue weighted by atomic mass is 32.2. The molecule has 5 N–H and O–H groups in total. The van der Waals surface area contributed by atoms with Crippen LogP contribution in [0.1, 0.15) is 19.3 Å². The van der Waals surface area contributed by atoms with Gasteiger partial charge in [0.15, 0.2) is 0 Å². The van der Waals surface area contributed by atoms with Gasteiger partial charge in [0.1, 0.15) is 18.5 Å². The molecular formula is C18H27N3O7S. The van der Waals surface area contributed by atoms with E-state index in [9.17, 15) is 18.3 Å². The number of aliphatic hydroxyl groups is 1. The van der Waals surface area contributed by atoms with Crippen LogP contribution >= 0.6 is 0 Å². The lowest BCUT2D eigenvalue weighted by Crippen LogP contribution is -2.46. The lowest BCUT2D eigenvalue weighted by atomic mass is 9.87. The van der Waals surface area contributed by atoms with E-state index in [1.54, 1.807) is 6.07 Å². The number of aliphatic hydroxyl groups excluding tert-OH is 1. The first kappa shape index (κ1) is 21.8. The molecular weight excluding hydrogens is 402 g/mol. The van der Waals surface area contributed by atoms with Gasteiger partial charge in [0.2, 0.25) is 10.0 Å². The zero-order chi connectivity index (χ0) is 21.1. The second-order valence-electron chi connectivity index (χ2n) is 7.56. The first-order chi connectivity index (χ1) is 13.7. The fourth-order valence-electron chi connectivity index (χ4n) is 3.72. The van der Waals surface area contributed by atoms with Crippen molar-refractivity contribution in [3.63, 3.8) is 0 Å². The van der Waals surface area contributed by atoms with Gasteiger partial charge in [-0.25, -0.2) is 18.4 Å². The van der Waals surface area contributed by atoms with Gasteiger partial charge in [-0.2, -0.15) is 0 Å². The molecule has 1 spiro atoms. The number of primary sulfonamides is 1. The van der Waals surface area contributed by atoms with Gasteiger partial charge in [0.05, 0.1) is 17.1 Å². The van der Waals surface area contributed by atoms with E-state index in [1.807, 2.05) is 0 Å². The SMILES string of the molecule is NS(=O)(=O)c1cccc(OCC(O)CN[C@H]2COC3(CCN(C(=O)O)CC3)C2)c1. The average molecular weight is 429 g/mol. The number of sulfonamides is 1. The first-order valence-corrected chi connectivity index (χ1v) is 11.0. The molecule has 1 aromatic rings. The maximum absolute atomic E-state index is 11.4. The number of likely N-dealkylation sites (tertiary alicyclic amines) is 1. The predicted molar refractivity (Wildman–Crippen MR) is 103 cm³/mol. The predicted octanol–water partition coefficient (Wildman–Crippen LogP) is -0.0352. The van der Waals surface area contributed by atoms with Gasteiger partial charge in [0, 0.05) is 31.7 Å². The highest BCUT2D eigenvalue weighted by Crippen LogP contribution is 2.35. The molecule has 0 saturated carbocycles. The highest BCUT2D eigenvalue weighted by molar-refractivity contribution is 7.89. The molecule has 2 aliphatic heterocycles. The van der Waals surface area contributed by atoms with Crippen LogP contribution in [0.15, 0.2) is 29.2 Å². The smallest absolute Gasteiger partial charge is 0.407 e. The van der Waals surface area contributed by atoms with Crippen LogP contribution in [0.2, 0.25) is 0 Å². The number of amides is 1. The monoisotopic (exact) mass is 429 g/mol. The van der Waals surface area contributed by atoms with E-state index in [2.05, 4.69) is 5.32 Å². The summed E-state index contributed by atoms with van der Waals surface area (Å²) in [6.07, 6.45) is 0.418. The number of nitrogens with two attached hydrogens (primary N) is 1. The van der Waals surface area contributed by atoms with Gasteiger partial charge in [-0.05, 0) is 31.4 Å². The van der Waals surface area contributed by atoms with Crippen LogP contribution in [0.5, 0.6) is 5.75 Å². The first-order valence-electron chi connectivity index (χ1n) is 9.46. The number of hydrogen-bond donors (Lipinski definition) is 4. The van der Waals surface area contributed by atoms with Crippen LogP contribution in [-0.4, -0.2) is 80.2 Å². The van der Waals surface area contributed by atoms with E-state index in [-0.39, 0.29) is 23.1 Å². The third-order valence-corrected chi connectivity index (χ3v) is 6.28. The van der Waals surface area contributed by atoms with E-state index in [4.69, 9.17) is 19.7 Å². The number of benzene rings is 1. The maximum atomic E-state index is 11.4. The maximum Gasteiger partial charge on any atom is 0.407 e.